The number of pyridine rings is 1. The SMILES string of the molecule is O=c1[nH]cccc1Nc1nc(Cl)ncc1Cl. The van der Waals surface area contributed by atoms with Crippen LogP contribution in [0.3, 0.4) is 0 Å². The van der Waals surface area contributed by atoms with Crippen LogP contribution in [0, 0.1) is 0 Å². The Morgan fingerprint density at radius 3 is 2.94 bits per heavy atom. The summed E-state index contributed by atoms with van der Waals surface area (Å²) in [5.74, 6) is 0.290. The number of anilines is 2. The number of rotatable bonds is 2. The molecule has 0 unspecified atom stereocenters. The van der Waals surface area contributed by atoms with E-state index in [1.54, 1.807) is 12.1 Å². The molecule has 0 fully saturated rings. The highest BCUT2D eigenvalue weighted by atomic mass is 35.5. The molecule has 2 heterocycles. The molecule has 2 rings (SSSR count). The van der Waals surface area contributed by atoms with Crippen molar-refractivity contribution in [1.29, 1.82) is 0 Å². The van der Waals surface area contributed by atoms with Gasteiger partial charge in [-0.05, 0) is 23.7 Å². The number of nitrogens with zero attached hydrogens (tertiary/aromatic N) is 2. The van der Waals surface area contributed by atoms with Gasteiger partial charge in [-0.25, -0.2) is 4.98 Å². The normalized spacial score (nSPS) is 10.1. The van der Waals surface area contributed by atoms with Crippen LogP contribution >= 0.6 is 23.2 Å². The highest BCUT2D eigenvalue weighted by Crippen LogP contribution is 2.21. The minimum atomic E-state index is -0.270. The molecule has 0 bridgehead atoms. The molecule has 0 spiro atoms. The molecule has 2 aromatic heterocycles. The molecule has 2 aromatic rings. The first-order chi connectivity index (χ1) is 7.66. The molecule has 82 valence electrons. The first-order valence-corrected chi connectivity index (χ1v) is 5.05. The number of halogens is 2. The van der Waals surface area contributed by atoms with Gasteiger partial charge in [-0.3, -0.25) is 4.79 Å². The predicted octanol–water partition coefficient (Wildman–Crippen LogP) is 2.22. The summed E-state index contributed by atoms with van der Waals surface area (Å²) in [5, 5.41) is 3.11. The van der Waals surface area contributed by atoms with E-state index >= 15 is 0 Å². The molecule has 0 radical (unpaired) electrons. The Hall–Kier alpha value is -1.59. The highest BCUT2D eigenvalue weighted by molar-refractivity contribution is 6.33. The maximum atomic E-state index is 11.4. The Labute approximate surface area is 100 Å². The highest BCUT2D eigenvalue weighted by Gasteiger charge is 2.06. The van der Waals surface area contributed by atoms with E-state index in [4.69, 9.17) is 23.2 Å². The first kappa shape index (κ1) is 10.9. The maximum absolute atomic E-state index is 11.4. The molecule has 5 nitrogen and oxygen atoms in total. The Morgan fingerprint density at radius 2 is 2.19 bits per heavy atom. The lowest BCUT2D eigenvalue weighted by Gasteiger charge is -2.05. The average Bonchev–Trinajstić information content (AvgIpc) is 2.27. The molecule has 0 atom stereocenters. The van der Waals surface area contributed by atoms with Crippen LogP contribution in [0.2, 0.25) is 10.3 Å². The monoisotopic (exact) mass is 256 g/mol. The Kier molecular flexibility index (Phi) is 3.07. The van der Waals surface area contributed by atoms with Crippen LogP contribution < -0.4 is 10.9 Å². The van der Waals surface area contributed by atoms with Crippen molar-refractivity contribution < 1.29 is 0 Å². The standard InChI is InChI=1S/C9H6Cl2N4O/c10-5-4-13-9(11)15-7(5)14-6-2-1-3-12-8(6)16/h1-4H,(H,12,16)(H,13,14,15). The van der Waals surface area contributed by atoms with Gasteiger partial charge in [-0.1, -0.05) is 11.6 Å². The van der Waals surface area contributed by atoms with E-state index in [-0.39, 0.29) is 15.9 Å². The fourth-order valence-electron chi connectivity index (χ4n) is 1.08. The zero-order chi connectivity index (χ0) is 11.5. The van der Waals surface area contributed by atoms with Crippen molar-refractivity contribution in [2.24, 2.45) is 0 Å². The summed E-state index contributed by atoms with van der Waals surface area (Å²) in [6.45, 7) is 0. The first-order valence-electron chi connectivity index (χ1n) is 4.29. The molecule has 0 saturated heterocycles. The molecule has 0 aromatic carbocycles. The van der Waals surface area contributed by atoms with Gasteiger partial charge in [0.25, 0.3) is 5.56 Å². The van der Waals surface area contributed by atoms with Crippen LogP contribution in [0.1, 0.15) is 0 Å². The van der Waals surface area contributed by atoms with Gasteiger partial charge in [0.15, 0.2) is 5.82 Å². The molecule has 0 amide bonds. The van der Waals surface area contributed by atoms with Crippen LogP contribution in [0.15, 0.2) is 29.3 Å². The second-order valence-electron chi connectivity index (χ2n) is 2.87. The lowest BCUT2D eigenvalue weighted by molar-refractivity contribution is 1.16. The van der Waals surface area contributed by atoms with Crippen LogP contribution in [-0.4, -0.2) is 15.0 Å². The maximum Gasteiger partial charge on any atom is 0.271 e. The van der Waals surface area contributed by atoms with Gasteiger partial charge in [-0.2, -0.15) is 4.98 Å². The van der Waals surface area contributed by atoms with E-state index in [2.05, 4.69) is 20.3 Å². The van der Waals surface area contributed by atoms with Gasteiger partial charge in [0.05, 0.1) is 6.20 Å². The van der Waals surface area contributed by atoms with Crippen molar-refractivity contribution in [3.8, 4) is 0 Å². The van der Waals surface area contributed by atoms with Crippen molar-refractivity contribution in [2.75, 3.05) is 5.32 Å². The number of H-pyrrole nitrogens is 1. The second-order valence-corrected chi connectivity index (χ2v) is 3.62. The fraction of sp³-hybridized carbons (Fsp3) is 0. The van der Waals surface area contributed by atoms with Crippen molar-refractivity contribution >= 4 is 34.7 Å². The summed E-state index contributed by atoms with van der Waals surface area (Å²) in [7, 11) is 0. The second kappa shape index (κ2) is 4.51. The lowest BCUT2D eigenvalue weighted by atomic mass is 10.4. The summed E-state index contributed by atoms with van der Waals surface area (Å²) >= 11 is 11.5. The van der Waals surface area contributed by atoms with E-state index in [0.717, 1.165) is 0 Å². The molecular formula is C9H6Cl2N4O. The predicted molar refractivity (Wildman–Crippen MR) is 62.4 cm³/mol. The van der Waals surface area contributed by atoms with E-state index in [1.807, 2.05) is 0 Å². The van der Waals surface area contributed by atoms with Crippen LogP contribution in [-0.2, 0) is 0 Å². The van der Waals surface area contributed by atoms with Crippen molar-refractivity contribution in [2.45, 2.75) is 0 Å². The van der Waals surface area contributed by atoms with Crippen LogP contribution in [0.4, 0.5) is 11.5 Å². The van der Waals surface area contributed by atoms with Crippen molar-refractivity contribution in [1.82, 2.24) is 15.0 Å². The molecular weight excluding hydrogens is 251 g/mol. The van der Waals surface area contributed by atoms with E-state index in [9.17, 15) is 4.79 Å². The molecule has 7 heteroatoms. The van der Waals surface area contributed by atoms with Crippen molar-refractivity contribution in [3.63, 3.8) is 0 Å². The zero-order valence-electron chi connectivity index (χ0n) is 7.87. The van der Waals surface area contributed by atoms with Gasteiger partial charge in [0.1, 0.15) is 10.7 Å². The number of hydrogen-bond acceptors (Lipinski definition) is 4. The topological polar surface area (TPSA) is 70.7 Å². The minimum Gasteiger partial charge on any atom is -0.334 e. The molecule has 0 saturated carbocycles. The van der Waals surface area contributed by atoms with Crippen LogP contribution in [0.25, 0.3) is 0 Å². The third-order valence-corrected chi connectivity index (χ3v) is 2.24. The van der Waals surface area contributed by atoms with E-state index in [1.165, 1.54) is 12.4 Å². The summed E-state index contributed by atoms with van der Waals surface area (Å²) < 4.78 is 0. The summed E-state index contributed by atoms with van der Waals surface area (Å²) in [6.07, 6.45) is 2.89. The Balaban J connectivity index is 2.38. The third-order valence-electron chi connectivity index (χ3n) is 1.79. The van der Waals surface area contributed by atoms with Gasteiger partial charge >= 0.3 is 0 Å². The minimum absolute atomic E-state index is 0.0549. The fourth-order valence-corrected chi connectivity index (χ4v) is 1.35. The molecule has 0 aliphatic heterocycles. The quantitative estimate of drug-likeness (QED) is 0.809. The largest absolute Gasteiger partial charge is 0.334 e. The van der Waals surface area contributed by atoms with Crippen molar-refractivity contribution in [3.05, 3.63) is 45.2 Å². The van der Waals surface area contributed by atoms with Gasteiger partial charge in [0, 0.05) is 6.20 Å². The van der Waals surface area contributed by atoms with Gasteiger partial charge in [-0.15, -0.1) is 0 Å². The third kappa shape index (κ3) is 2.32. The number of aromatic amines is 1. The summed E-state index contributed by atoms with van der Waals surface area (Å²) in [5.41, 5.74) is 0.0625. The Morgan fingerprint density at radius 1 is 1.38 bits per heavy atom. The summed E-state index contributed by atoms with van der Waals surface area (Å²) in [4.78, 5) is 21.5. The number of hydrogen-bond donors (Lipinski definition) is 2. The summed E-state index contributed by atoms with van der Waals surface area (Å²) in [6, 6.07) is 3.28. The Bertz CT molecular complexity index is 569. The van der Waals surface area contributed by atoms with Gasteiger partial charge in [0.2, 0.25) is 5.28 Å². The van der Waals surface area contributed by atoms with Gasteiger partial charge < -0.3 is 10.3 Å². The molecule has 16 heavy (non-hydrogen) atoms. The van der Waals surface area contributed by atoms with Crippen LogP contribution in [0.5, 0.6) is 0 Å². The number of aromatic nitrogens is 3. The molecule has 2 N–H and O–H groups in total. The van der Waals surface area contributed by atoms with E-state index in [0.29, 0.717) is 11.5 Å². The average molecular weight is 257 g/mol. The smallest absolute Gasteiger partial charge is 0.271 e. The zero-order valence-corrected chi connectivity index (χ0v) is 9.38. The molecule has 0 aliphatic rings. The number of nitrogens with one attached hydrogen (secondary N) is 2. The lowest BCUT2D eigenvalue weighted by Crippen LogP contribution is -2.10. The molecule has 0 aliphatic carbocycles. The van der Waals surface area contributed by atoms with E-state index < -0.39 is 0 Å².